The number of hydrogen-bond acceptors (Lipinski definition) is 3. The molecule has 0 spiro atoms. The van der Waals surface area contributed by atoms with Gasteiger partial charge in [-0.1, -0.05) is 249 Å². The normalized spacial score (nSPS) is 13.2. The van der Waals surface area contributed by atoms with Gasteiger partial charge in [0.25, 0.3) is 0 Å². The molecule has 0 aromatic heterocycles. The number of hydrogen-bond donors (Lipinski definition) is 3. The maximum absolute atomic E-state index is 12.4. The van der Waals surface area contributed by atoms with E-state index in [-0.39, 0.29) is 12.5 Å². The molecule has 4 heteroatoms. The Balaban J connectivity index is 3.58. The molecule has 0 fully saturated rings. The Kier molecular flexibility index (Phi) is 45.8. The van der Waals surface area contributed by atoms with E-state index in [2.05, 4.69) is 43.5 Å². The van der Waals surface area contributed by atoms with Crippen LogP contribution in [0.4, 0.5) is 0 Å². The molecule has 2 atom stereocenters. The van der Waals surface area contributed by atoms with Crippen LogP contribution in [0.3, 0.4) is 0 Å². The van der Waals surface area contributed by atoms with Crippen LogP contribution < -0.4 is 5.32 Å². The molecule has 324 valence electrons. The highest BCUT2D eigenvalue weighted by atomic mass is 16.3. The van der Waals surface area contributed by atoms with Crippen molar-refractivity contribution >= 4 is 5.91 Å². The van der Waals surface area contributed by atoms with Crippen LogP contribution in [0.2, 0.25) is 0 Å². The molecule has 2 unspecified atom stereocenters. The lowest BCUT2D eigenvalue weighted by Gasteiger charge is -2.19. The SMILES string of the molecule is CCCCCCCCCCCCCCC/C=C/CC/C=C/CC/C=C/C(O)C(CO)NC(=O)CCCCCCCCCCCCCCCCCCCCCC. The number of carbonyl (C=O) groups is 1. The first-order valence-corrected chi connectivity index (χ1v) is 24.7. The Bertz CT molecular complexity index is 836. The van der Waals surface area contributed by atoms with Gasteiger partial charge in [0.05, 0.1) is 18.8 Å². The maximum atomic E-state index is 12.4. The van der Waals surface area contributed by atoms with Crippen molar-refractivity contribution in [2.24, 2.45) is 0 Å². The Hall–Kier alpha value is -1.39. The second-order valence-corrected chi connectivity index (χ2v) is 16.9. The first kappa shape index (κ1) is 53.6. The number of unbranched alkanes of at least 4 members (excludes halogenated alkanes) is 34. The summed E-state index contributed by atoms with van der Waals surface area (Å²) in [6, 6.07) is -0.643. The first-order valence-electron chi connectivity index (χ1n) is 24.7. The fourth-order valence-electron chi connectivity index (χ4n) is 7.56. The molecule has 0 saturated heterocycles. The Labute approximate surface area is 344 Å². The van der Waals surface area contributed by atoms with Crippen LogP contribution in [0.5, 0.6) is 0 Å². The summed E-state index contributed by atoms with van der Waals surface area (Å²) in [6.45, 7) is 4.32. The van der Waals surface area contributed by atoms with Gasteiger partial charge in [0.15, 0.2) is 0 Å². The molecule has 0 aliphatic rings. The zero-order valence-electron chi connectivity index (χ0n) is 37.2. The van der Waals surface area contributed by atoms with E-state index in [4.69, 9.17) is 0 Å². The standard InChI is InChI=1S/C51H97NO3/c1-3-5-7-9-11-13-15-17-19-21-23-25-26-27-28-30-32-34-36-38-40-42-44-46-50(54)49(48-53)52-51(55)47-45-43-41-39-37-35-33-31-29-24-22-20-18-16-14-12-10-8-6-4-2/h28,30,36,38,44,46,49-50,53-54H,3-27,29,31-35,37,39-43,45,47-48H2,1-2H3,(H,52,55)/b30-28+,38-36+,46-44+. The average molecular weight is 772 g/mol. The average Bonchev–Trinajstić information content (AvgIpc) is 3.19. The van der Waals surface area contributed by atoms with E-state index in [1.54, 1.807) is 6.08 Å². The summed E-state index contributed by atoms with van der Waals surface area (Å²) in [5, 5.41) is 23.1. The number of aliphatic hydroxyl groups is 2. The van der Waals surface area contributed by atoms with E-state index < -0.39 is 12.1 Å². The highest BCUT2D eigenvalue weighted by Crippen LogP contribution is 2.16. The summed E-state index contributed by atoms with van der Waals surface area (Å²) in [4.78, 5) is 12.4. The molecule has 4 nitrogen and oxygen atoms in total. The third kappa shape index (κ3) is 43.6. The van der Waals surface area contributed by atoms with Crippen LogP contribution in [0.15, 0.2) is 36.5 Å². The third-order valence-corrected chi connectivity index (χ3v) is 11.4. The predicted octanol–water partition coefficient (Wildman–Crippen LogP) is 15.7. The first-order chi connectivity index (χ1) is 27.2. The van der Waals surface area contributed by atoms with Crippen molar-refractivity contribution in [3.63, 3.8) is 0 Å². The Morgan fingerprint density at radius 1 is 0.418 bits per heavy atom. The zero-order valence-corrected chi connectivity index (χ0v) is 37.2. The number of rotatable bonds is 45. The summed E-state index contributed by atoms with van der Waals surface area (Å²) in [7, 11) is 0. The van der Waals surface area contributed by atoms with E-state index in [1.165, 1.54) is 205 Å². The third-order valence-electron chi connectivity index (χ3n) is 11.4. The Morgan fingerprint density at radius 3 is 1.05 bits per heavy atom. The molecule has 0 aliphatic heterocycles. The van der Waals surface area contributed by atoms with Crippen molar-refractivity contribution < 1.29 is 15.0 Å². The number of aliphatic hydroxyl groups excluding tert-OH is 2. The number of allylic oxidation sites excluding steroid dienone is 5. The lowest BCUT2D eigenvalue weighted by atomic mass is 10.0. The van der Waals surface area contributed by atoms with Gasteiger partial charge in [0, 0.05) is 6.42 Å². The second-order valence-electron chi connectivity index (χ2n) is 16.9. The van der Waals surface area contributed by atoms with Gasteiger partial charge in [-0.2, -0.15) is 0 Å². The molecule has 0 rings (SSSR count). The highest BCUT2D eigenvalue weighted by molar-refractivity contribution is 5.76. The largest absolute Gasteiger partial charge is 0.394 e. The van der Waals surface area contributed by atoms with Gasteiger partial charge in [-0.3, -0.25) is 4.79 Å². The number of amides is 1. The van der Waals surface area contributed by atoms with Gasteiger partial charge in [-0.25, -0.2) is 0 Å². The molecule has 3 N–H and O–H groups in total. The van der Waals surface area contributed by atoms with Crippen LogP contribution in [-0.4, -0.2) is 34.9 Å². The van der Waals surface area contributed by atoms with Crippen molar-refractivity contribution in [2.45, 2.75) is 276 Å². The van der Waals surface area contributed by atoms with Crippen molar-refractivity contribution in [1.82, 2.24) is 5.32 Å². The Morgan fingerprint density at radius 2 is 0.709 bits per heavy atom. The summed E-state index contributed by atoms with van der Waals surface area (Å²) in [5.41, 5.74) is 0. The van der Waals surface area contributed by atoms with Crippen LogP contribution >= 0.6 is 0 Å². The summed E-state index contributed by atoms with van der Waals surface area (Å²) >= 11 is 0. The van der Waals surface area contributed by atoms with Gasteiger partial charge in [-0.15, -0.1) is 0 Å². The molecule has 0 aromatic carbocycles. The van der Waals surface area contributed by atoms with Crippen molar-refractivity contribution in [1.29, 1.82) is 0 Å². The van der Waals surface area contributed by atoms with Crippen LogP contribution in [0.1, 0.15) is 264 Å². The molecule has 0 heterocycles. The van der Waals surface area contributed by atoms with Crippen molar-refractivity contribution in [3.8, 4) is 0 Å². The summed E-state index contributed by atoms with van der Waals surface area (Å²) in [5.74, 6) is -0.0739. The lowest BCUT2D eigenvalue weighted by molar-refractivity contribution is -0.123. The molecule has 0 aromatic rings. The molecule has 55 heavy (non-hydrogen) atoms. The molecule has 0 saturated carbocycles. The summed E-state index contributed by atoms with van der Waals surface area (Å²) < 4.78 is 0. The van der Waals surface area contributed by atoms with Gasteiger partial charge >= 0.3 is 0 Å². The van der Waals surface area contributed by atoms with Crippen LogP contribution in [-0.2, 0) is 4.79 Å². The van der Waals surface area contributed by atoms with Crippen molar-refractivity contribution in [3.05, 3.63) is 36.5 Å². The van der Waals surface area contributed by atoms with E-state index in [0.29, 0.717) is 6.42 Å². The van der Waals surface area contributed by atoms with Gasteiger partial charge in [0.1, 0.15) is 0 Å². The van der Waals surface area contributed by atoms with Crippen LogP contribution in [0, 0.1) is 0 Å². The summed E-state index contributed by atoms with van der Waals surface area (Å²) in [6.07, 6.45) is 62.8. The lowest BCUT2D eigenvalue weighted by Crippen LogP contribution is -2.45. The fourth-order valence-corrected chi connectivity index (χ4v) is 7.56. The molecular weight excluding hydrogens is 675 g/mol. The number of carbonyl (C=O) groups excluding carboxylic acids is 1. The van der Waals surface area contributed by atoms with Gasteiger partial charge in [0.2, 0.25) is 5.91 Å². The topological polar surface area (TPSA) is 69.6 Å². The maximum Gasteiger partial charge on any atom is 0.220 e. The van der Waals surface area contributed by atoms with Gasteiger partial charge in [-0.05, 0) is 44.9 Å². The molecular formula is C51H97NO3. The fraction of sp³-hybridized carbons (Fsp3) is 0.863. The minimum atomic E-state index is -0.868. The minimum Gasteiger partial charge on any atom is -0.394 e. The quantitative estimate of drug-likeness (QED) is 0.0426. The molecule has 0 aliphatic carbocycles. The van der Waals surface area contributed by atoms with E-state index in [9.17, 15) is 15.0 Å². The molecule has 0 bridgehead atoms. The minimum absolute atomic E-state index is 0.0739. The van der Waals surface area contributed by atoms with E-state index in [0.717, 1.165) is 38.5 Å². The predicted molar refractivity (Wildman–Crippen MR) is 244 cm³/mol. The number of nitrogens with one attached hydrogen (secondary N) is 1. The molecule has 0 radical (unpaired) electrons. The van der Waals surface area contributed by atoms with Crippen molar-refractivity contribution in [2.75, 3.05) is 6.61 Å². The smallest absolute Gasteiger partial charge is 0.220 e. The molecule has 1 amide bonds. The van der Waals surface area contributed by atoms with E-state index in [1.807, 2.05) is 6.08 Å². The monoisotopic (exact) mass is 772 g/mol. The zero-order chi connectivity index (χ0) is 40.0. The van der Waals surface area contributed by atoms with Crippen LogP contribution in [0.25, 0.3) is 0 Å². The van der Waals surface area contributed by atoms with Gasteiger partial charge < -0.3 is 15.5 Å². The highest BCUT2D eigenvalue weighted by Gasteiger charge is 2.17. The second kappa shape index (κ2) is 47.0. The van der Waals surface area contributed by atoms with E-state index >= 15 is 0 Å².